The fourth-order valence-electron chi connectivity index (χ4n) is 1.50. The Labute approximate surface area is 107 Å². The van der Waals surface area contributed by atoms with Crippen LogP contribution in [0.3, 0.4) is 0 Å². The van der Waals surface area contributed by atoms with Crippen molar-refractivity contribution >= 4 is 27.7 Å². The van der Waals surface area contributed by atoms with Gasteiger partial charge in [-0.15, -0.1) is 0 Å². The topological polar surface area (TPSA) is 60.1 Å². The molecule has 0 atom stereocenters. The molecular formula is C11H12BrN3O2. The number of halogens is 1. The third-order valence-electron chi connectivity index (χ3n) is 2.24. The molecule has 0 spiro atoms. The summed E-state index contributed by atoms with van der Waals surface area (Å²) in [5.41, 5.74) is 0.864. The third-order valence-corrected chi connectivity index (χ3v) is 2.67. The first-order chi connectivity index (χ1) is 8.10. The lowest BCUT2D eigenvalue weighted by atomic mass is 10.4. The highest BCUT2D eigenvalue weighted by Crippen LogP contribution is 2.16. The lowest BCUT2D eigenvalue weighted by molar-refractivity contribution is 0.0994. The van der Waals surface area contributed by atoms with Crippen LogP contribution in [0.5, 0.6) is 0 Å². The molecule has 2 rings (SSSR count). The molecule has 0 radical (unpaired) electrons. The molecule has 0 aromatic carbocycles. The summed E-state index contributed by atoms with van der Waals surface area (Å²) in [6.45, 7) is 4.54. The van der Waals surface area contributed by atoms with Crippen molar-refractivity contribution in [2.24, 2.45) is 0 Å². The Morgan fingerprint density at radius 1 is 1.59 bits per heavy atom. The highest BCUT2D eigenvalue weighted by molar-refractivity contribution is 9.10. The Morgan fingerprint density at radius 2 is 2.35 bits per heavy atom. The summed E-state index contributed by atoms with van der Waals surface area (Å²) in [6.07, 6.45) is 0. The van der Waals surface area contributed by atoms with E-state index < -0.39 is 0 Å². The van der Waals surface area contributed by atoms with Gasteiger partial charge in [0, 0.05) is 12.6 Å². The van der Waals surface area contributed by atoms with Gasteiger partial charge in [0.1, 0.15) is 5.82 Å². The zero-order chi connectivity index (χ0) is 12.4. The van der Waals surface area contributed by atoms with Gasteiger partial charge in [0.25, 0.3) is 5.91 Å². The normalized spacial score (nSPS) is 10.5. The molecule has 1 amide bonds. The molecule has 0 unspecified atom stereocenters. The number of aromatic nitrogens is 2. The van der Waals surface area contributed by atoms with Crippen molar-refractivity contribution in [3.8, 4) is 0 Å². The molecule has 2 aromatic heterocycles. The van der Waals surface area contributed by atoms with E-state index in [4.69, 9.17) is 4.42 Å². The van der Waals surface area contributed by atoms with E-state index in [1.54, 1.807) is 16.8 Å². The van der Waals surface area contributed by atoms with Gasteiger partial charge in [-0.2, -0.15) is 5.10 Å². The molecule has 2 heterocycles. The molecule has 0 aliphatic carbocycles. The number of furan rings is 1. The largest absolute Gasteiger partial charge is 0.444 e. The maximum Gasteiger partial charge on any atom is 0.292 e. The number of carbonyl (C=O) groups is 1. The molecule has 0 saturated carbocycles. The van der Waals surface area contributed by atoms with E-state index in [1.165, 1.54) is 0 Å². The molecule has 0 saturated heterocycles. The van der Waals surface area contributed by atoms with Crippen molar-refractivity contribution < 1.29 is 9.21 Å². The molecule has 0 fully saturated rings. The second-order valence-electron chi connectivity index (χ2n) is 3.54. The molecule has 90 valence electrons. The van der Waals surface area contributed by atoms with Crippen LogP contribution in [-0.2, 0) is 6.54 Å². The Bertz CT molecular complexity index is 545. The number of hydrogen-bond donors (Lipinski definition) is 1. The molecule has 0 bridgehead atoms. The fraction of sp³-hybridized carbons (Fsp3) is 0.273. The molecule has 0 aliphatic rings. The van der Waals surface area contributed by atoms with Crippen LogP contribution in [0.25, 0.3) is 0 Å². The molecule has 6 heteroatoms. The van der Waals surface area contributed by atoms with Gasteiger partial charge in [-0.05, 0) is 41.9 Å². The van der Waals surface area contributed by atoms with Crippen LogP contribution in [0.2, 0.25) is 0 Å². The predicted octanol–water partition coefficient (Wildman–Crippen LogP) is 2.82. The molecule has 0 aliphatic heterocycles. The molecule has 17 heavy (non-hydrogen) atoms. The van der Waals surface area contributed by atoms with Gasteiger partial charge < -0.3 is 9.73 Å². The molecule has 5 nitrogen and oxygen atoms in total. The van der Waals surface area contributed by atoms with Crippen molar-refractivity contribution in [2.45, 2.75) is 20.4 Å². The summed E-state index contributed by atoms with van der Waals surface area (Å²) in [5, 5.41) is 7.00. The highest BCUT2D eigenvalue weighted by atomic mass is 79.9. The number of hydrogen-bond acceptors (Lipinski definition) is 3. The first-order valence-corrected chi connectivity index (χ1v) is 6.00. The van der Waals surface area contributed by atoms with E-state index in [0.717, 1.165) is 5.69 Å². The van der Waals surface area contributed by atoms with E-state index in [-0.39, 0.29) is 11.7 Å². The van der Waals surface area contributed by atoms with Crippen LogP contribution < -0.4 is 5.32 Å². The second kappa shape index (κ2) is 4.75. The van der Waals surface area contributed by atoms with E-state index in [1.807, 2.05) is 19.9 Å². The average molecular weight is 298 g/mol. The second-order valence-corrected chi connectivity index (χ2v) is 4.33. The number of nitrogens with zero attached hydrogens (tertiary/aromatic N) is 2. The van der Waals surface area contributed by atoms with Gasteiger partial charge in [-0.25, -0.2) is 4.68 Å². The Hall–Kier alpha value is -1.56. The molecule has 2 aromatic rings. The van der Waals surface area contributed by atoms with Crippen LogP contribution in [0.1, 0.15) is 23.2 Å². The third kappa shape index (κ3) is 2.58. The Morgan fingerprint density at radius 3 is 2.94 bits per heavy atom. The van der Waals surface area contributed by atoms with E-state index in [9.17, 15) is 4.79 Å². The maximum atomic E-state index is 11.8. The highest BCUT2D eigenvalue weighted by Gasteiger charge is 2.13. The van der Waals surface area contributed by atoms with Crippen molar-refractivity contribution in [1.82, 2.24) is 9.78 Å². The molecule has 1 N–H and O–H groups in total. The lowest BCUT2D eigenvalue weighted by Gasteiger charge is -2.04. The Balaban J connectivity index is 2.18. The SMILES string of the molecule is CCn1nc(C)cc1NC(=O)c1ccc(Br)o1. The van der Waals surface area contributed by atoms with E-state index in [2.05, 4.69) is 26.3 Å². The van der Waals surface area contributed by atoms with E-state index in [0.29, 0.717) is 17.0 Å². The first kappa shape index (κ1) is 11.9. The number of anilines is 1. The summed E-state index contributed by atoms with van der Waals surface area (Å²) in [7, 11) is 0. The first-order valence-electron chi connectivity index (χ1n) is 5.21. The zero-order valence-corrected chi connectivity index (χ0v) is 11.1. The number of carbonyl (C=O) groups excluding carboxylic acids is 1. The van der Waals surface area contributed by atoms with E-state index >= 15 is 0 Å². The van der Waals surface area contributed by atoms with Crippen molar-refractivity contribution in [3.05, 3.63) is 34.3 Å². The fourth-order valence-corrected chi connectivity index (χ4v) is 1.81. The van der Waals surface area contributed by atoms with Crippen molar-refractivity contribution in [2.75, 3.05) is 5.32 Å². The van der Waals surface area contributed by atoms with Gasteiger partial charge in [0.15, 0.2) is 10.4 Å². The summed E-state index contributed by atoms with van der Waals surface area (Å²) in [5.74, 6) is 0.645. The van der Waals surface area contributed by atoms with Gasteiger partial charge >= 0.3 is 0 Å². The zero-order valence-electron chi connectivity index (χ0n) is 9.53. The standard InChI is InChI=1S/C11H12BrN3O2/c1-3-15-10(6-7(2)14-15)13-11(16)8-4-5-9(12)17-8/h4-6H,3H2,1-2H3,(H,13,16). The molecular weight excluding hydrogens is 286 g/mol. The van der Waals surface area contributed by atoms with Crippen LogP contribution >= 0.6 is 15.9 Å². The number of amides is 1. The van der Waals surface area contributed by atoms with Crippen molar-refractivity contribution in [1.29, 1.82) is 0 Å². The van der Waals surface area contributed by atoms with Gasteiger partial charge in [-0.1, -0.05) is 0 Å². The van der Waals surface area contributed by atoms with Crippen molar-refractivity contribution in [3.63, 3.8) is 0 Å². The van der Waals surface area contributed by atoms with Gasteiger partial charge in [0.05, 0.1) is 5.69 Å². The number of nitrogens with one attached hydrogen (secondary N) is 1. The van der Waals surface area contributed by atoms with Gasteiger partial charge in [-0.3, -0.25) is 4.79 Å². The summed E-state index contributed by atoms with van der Waals surface area (Å²) in [6, 6.07) is 5.11. The average Bonchev–Trinajstić information content (AvgIpc) is 2.85. The van der Waals surface area contributed by atoms with Crippen LogP contribution in [-0.4, -0.2) is 15.7 Å². The quantitative estimate of drug-likeness (QED) is 0.948. The van der Waals surface area contributed by atoms with Crippen LogP contribution in [0.4, 0.5) is 5.82 Å². The summed E-state index contributed by atoms with van der Waals surface area (Å²) in [4.78, 5) is 11.8. The monoisotopic (exact) mass is 297 g/mol. The minimum Gasteiger partial charge on any atom is -0.444 e. The predicted molar refractivity (Wildman–Crippen MR) is 67.0 cm³/mol. The smallest absolute Gasteiger partial charge is 0.292 e. The Kier molecular flexibility index (Phi) is 3.33. The minimum absolute atomic E-state index is 0.262. The minimum atomic E-state index is -0.287. The number of aryl methyl sites for hydroxylation is 2. The van der Waals surface area contributed by atoms with Crippen LogP contribution in [0, 0.1) is 6.92 Å². The summed E-state index contributed by atoms with van der Waals surface area (Å²) >= 11 is 3.15. The number of rotatable bonds is 3. The summed E-state index contributed by atoms with van der Waals surface area (Å²) < 4.78 is 7.43. The van der Waals surface area contributed by atoms with Crippen LogP contribution in [0.15, 0.2) is 27.3 Å². The van der Waals surface area contributed by atoms with Gasteiger partial charge in [0.2, 0.25) is 0 Å². The maximum absolute atomic E-state index is 11.8. The lowest BCUT2D eigenvalue weighted by Crippen LogP contribution is -2.14.